The van der Waals surface area contributed by atoms with Gasteiger partial charge in [-0.3, -0.25) is 0 Å². The van der Waals surface area contributed by atoms with Crippen LogP contribution in [0.1, 0.15) is 69.9 Å². The number of rotatable bonds is 11. The van der Waals surface area contributed by atoms with Crippen LogP contribution in [0.25, 0.3) is 11.2 Å². The Balaban J connectivity index is 1.42. The van der Waals surface area contributed by atoms with E-state index in [1.165, 1.54) is 12.1 Å². The molecule has 0 amide bonds. The zero-order valence-corrected chi connectivity index (χ0v) is 21.3. The molecule has 11 heteroatoms. The lowest BCUT2D eigenvalue weighted by Crippen LogP contribution is -2.25. The van der Waals surface area contributed by atoms with E-state index in [0.29, 0.717) is 22.1 Å². The molecule has 0 radical (unpaired) electrons. The van der Waals surface area contributed by atoms with Gasteiger partial charge in [-0.2, -0.15) is 0 Å². The Morgan fingerprint density at radius 2 is 2.03 bits per heavy atom. The van der Waals surface area contributed by atoms with Crippen LogP contribution in [-0.4, -0.2) is 60.7 Å². The number of anilines is 1. The van der Waals surface area contributed by atoms with Crippen molar-refractivity contribution in [1.29, 1.82) is 0 Å². The number of benzene rings is 1. The molecule has 1 aliphatic heterocycles. The third kappa shape index (κ3) is 5.19. The van der Waals surface area contributed by atoms with Crippen LogP contribution in [0.15, 0.2) is 23.4 Å². The molecule has 2 fully saturated rings. The minimum atomic E-state index is -0.843. The third-order valence-electron chi connectivity index (χ3n) is 6.90. The average Bonchev–Trinajstić information content (AvgIpc) is 3.32. The van der Waals surface area contributed by atoms with Crippen molar-refractivity contribution in [3.8, 4) is 0 Å². The topological polar surface area (TPSA) is 98.0 Å². The van der Waals surface area contributed by atoms with Crippen molar-refractivity contribution < 1.29 is 18.6 Å². The lowest BCUT2D eigenvalue weighted by atomic mass is 10.0. The fourth-order valence-electron chi connectivity index (χ4n) is 4.89. The number of halogens is 2. The lowest BCUT2D eigenvalue weighted by molar-refractivity contribution is -0.00306. The van der Waals surface area contributed by atoms with Crippen LogP contribution in [-0.2, 0) is 4.74 Å². The fraction of sp³-hybridized carbons (Fsp3) is 0.600. The smallest absolute Gasteiger partial charge is 0.191 e. The molecule has 0 unspecified atom stereocenters. The predicted molar refractivity (Wildman–Crippen MR) is 134 cm³/mol. The summed E-state index contributed by atoms with van der Waals surface area (Å²) < 4.78 is 35.0. The molecule has 3 heterocycles. The molecule has 0 spiro atoms. The van der Waals surface area contributed by atoms with Crippen molar-refractivity contribution in [2.24, 2.45) is 0 Å². The van der Waals surface area contributed by atoms with Crippen molar-refractivity contribution in [3.05, 3.63) is 35.4 Å². The third-order valence-corrected chi connectivity index (χ3v) is 7.95. The highest BCUT2D eigenvalue weighted by Gasteiger charge is 2.41. The maximum Gasteiger partial charge on any atom is 0.191 e. The van der Waals surface area contributed by atoms with Crippen LogP contribution < -0.4 is 5.32 Å². The van der Waals surface area contributed by atoms with Crippen LogP contribution in [0.5, 0.6) is 0 Å². The number of hydrogen-bond acceptors (Lipinski definition) is 8. The molecule has 1 saturated heterocycles. The summed E-state index contributed by atoms with van der Waals surface area (Å²) in [6.07, 6.45) is 5.33. The van der Waals surface area contributed by atoms with Crippen molar-refractivity contribution in [1.82, 2.24) is 25.0 Å². The van der Waals surface area contributed by atoms with Gasteiger partial charge in [0.05, 0.1) is 18.8 Å². The van der Waals surface area contributed by atoms with Gasteiger partial charge in [-0.15, -0.1) is 5.10 Å². The molecular weight excluding hydrogens is 486 g/mol. The molecule has 0 bridgehead atoms. The van der Waals surface area contributed by atoms with Gasteiger partial charge >= 0.3 is 0 Å². The first-order valence-electron chi connectivity index (χ1n) is 12.8. The molecule has 1 aliphatic carbocycles. The fourth-order valence-corrected chi connectivity index (χ4v) is 5.58. The zero-order valence-electron chi connectivity index (χ0n) is 20.5. The van der Waals surface area contributed by atoms with Gasteiger partial charge in [0.25, 0.3) is 0 Å². The van der Waals surface area contributed by atoms with Crippen molar-refractivity contribution in [3.63, 3.8) is 0 Å². The molecule has 2 aliphatic rings. The van der Waals surface area contributed by atoms with Gasteiger partial charge in [-0.1, -0.05) is 49.7 Å². The summed E-state index contributed by atoms with van der Waals surface area (Å²) >= 11 is 1.57. The Bertz CT molecular complexity index is 1210. The Labute approximate surface area is 213 Å². The molecule has 36 heavy (non-hydrogen) atoms. The number of nitrogens with one attached hydrogen (secondary N) is 1. The summed E-state index contributed by atoms with van der Waals surface area (Å²) in [6.45, 7) is 4.16. The largest absolute Gasteiger partial charge is 0.394 e. The minimum Gasteiger partial charge on any atom is -0.394 e. The second-order valence-electron chi connectivity index (χ2n) is 9.60. The maximum atomic E-state index is 13.7. The SMILES string of the molecule is CCCC[C@H]1C[C@@H](n2nnc3c(N[C@@H]4C[C@H]4c4ccc(F)c(F)c4)nc(SCCC)nc32)[C@H](CO)O1. The number of nitrogens with zero attached hydrogens (tertiary/aromatic N) is 5. The molecule has 8 nitrogen and oxygen atoms in total. The van der Waals surface area contributed by atoms with Crippen LogP contribution >= 0.6 is 11.8 Å². The van der Waals surface area contributed by atoms with E-state index in [4.69, 9.17) is 14.7 Å². The van der Waals surface area contributed by atoms with E-state index >= 15 is 0 Å². The molecular formula is C25H32F2N6O2S. The zero-order chi connectivity index (χ0) is 25.2. The van der Waals surface area contributed by atoms with Gasteiger partial charge in [0.1, 0.15) is 6.10 Å². The minimum absolute atomic E-state index is 0.0283. The number of aliphatic hydroxyl groups excluding tert-OH is 1. The van der Waals surface area contributed by atoms with E-state index in [2.05, 4.69) is 29.5 Å². The summed E-state index contributed by atoms with van der Waals surface area (Å²) in [5, 5.41) is 22.9. The number of thioether (sulfide) groups is 1. The number of fused-ring (bicyclic) bond motifs is 1. The maximum absolute atomic E-state index is 13.7. The summed E-state index contributed by atoms with van der Waals surface area (Å²) in [4.78, 5) is 9.50. The molecule has 5 rings (SSSR count). The normalized spacial score (nSPS) is 25.5. The molecule has 2 aromatic heterocycles. The van der Waals surface area contributed by atoms with Crippen molar-refractivity contribution in [2.45, 2.75) is 87.7 Å². The van der Waals surface area contributed by atoms with Gasteiger partial charge < -0.3 is 15.2 Å². The Morgan fingerprint density at radius 1 is 1.17 bits per heavy atom. The highest BCUT2D eigenvalue weighted by molar-refractivity contribution is 7.99. The number of aromatic nitrogens is 5. The van der Waals surface area contributed by atoms with E-state index < -0.39 is 11.6 Å². The quantitative estimate of drug-likeness (QED) is 0.275. The van der Waals surface area contributed by atoms with Gasteiger partial charge in [-0.25, -0.2) is 23.4 Å². The summed E-state index contributed by atoms with van der Waals surface area (Å²) in [6, 6.07) is 3.93. The van der Waals surface area contributed by atoms with E-state index in [-0.39, 0.29) is 36.8 Å². The second kappa shape index (κ2) is 10.9. The molecule has 2 N–H and O–H groups in total. The Morgan fingerprint density at radius 3 is 2.78 bits per heavy atom. The van der Waals surface area contributed by atoms with E-state index in [1.54, 1.807) is 22.5 Å². The van der Waals surface area contributed by atoms with Gasteiger partial charge in [-0.05, 0) is 43.4 Å². The molecule has 1 saturated carbocycles. The number of hydrogen-bond donors (Lipinski definition) is 2. The first kappa shape index (κ1) is 25.3. The number of ether oxygens (including phenoxy) is 1. The average molecular weight is 519 g/mol. The van der Waals surface area contributed by atoms with Crippen LogP contribution in [0.3, 0.4) is 0 Å². The molecule has 1 aromatic carbocycles. The second-order valence-corrected chi connectivity index (χ2v) is 10.7. The van der Waals surface area contributed by atoms with E-state index in [1.807, 2.05) is 0 Å². The van der Waals surface area contributed by atoms with Gasteiger partial charge in [0, 0.05) is 17.7 Å². The highest BCUT2D eigenvalue weighted by atomic mass is 32.2. The van der Waals surface area contributed by atoms with Crippen LogP contribution in [0.4, 0.5) is 14.6 Å². The predicted octanol–water partition coefficient (Wildman–Crippen LogP) is 4.85. The highest BCUT2D eigenvalue weighted by Crippen LogP contribution is 2.44. The van der Waals surface area contributed by atoms with Crippen molar-refractivity contribution >= 4 is 28.7 Å². The van der Waals surface area contributed by atoms with Crippen molar-refractivity contribution in [2.75, 3.05) is 17.7 Å². The molecule has 194 valence electrons. The summed E-state index contributed by atoms with van der Waals surface area (Å²) in [5.74, 6) is -0.156. The van der Waals surface area contributed by atoms with Gasteiger partial charge in [0.15, 0.2) is 33.8 Å². The molecule has 3 aromatic rings. The monoisotopic (exact) mass is 518 g/mol. The lowest BCUT2D eigenvalue weighted by Gasteiger charge is -2.16. The summed E-state index contributed by atoms with van der Waals surface area (Å²) in [5.41, 5.74) is 1.92. The summed E-state index contributed by atoms with van der Waals surface area (Å²) in [7, 11) is 0. The Kier molecular flexibility index (Phi) is 7.68. The van der Waals surface area contributed by atoms with Gasteiger partial charge in [0.2, 0.25) is 0 Å². The van der Waals surface area contributed by atoms with Crippen LogP contribution in [0.2, 0.25) is 0 Å². The standard InChI is InChI=1S/C25H32F2N6O2S/c1-3-5-6-15-11-20(21(13-34)35-15)33-24-22(31-32-33)23(29-25(30-24)36-9-4-2)28-19-12-16(19)14-7-8-17(26)18(27)10-14/h7-8,10,15-16,19-21,34H,3-6,9,11-13H2,1-2H3,(H,28,29,30)/t15-,16-,19+,20+,21-/m0/s1. The Hall–Kier alpha value is -2.37. The van der Waals surface area contributed by atoms with E-state index in [0.717, 1.165) is 49.8 Å². The first-order chi connectivity index (χ1) is 17.5. The van der Waals surface area contributed by atoms with Crippen LogP contribution in [0, 0.1) is 11.6 Å². The number of unbranched alkanes of at least 4 members (excludes halogenated alkanes) is 1. The first-order valence-corrected chi connectivity index (χ1v) is 13.7. The van der Waals surface area contributed by atoms with E-state index in [9.17, 15) is 13.9 Å². The molecule has 5 atom stereocenters. The number of aliphatic hydroxyl groups is 1.